The summed E-state index contributed by atoms with van der Waals surface area (Å²) in [6.45, 7) is 7.19. The summed E-state index contributed by atoms with van der Waals surface area (Å²) in [7, 11) is -1.91. The van der Waals surface area contributed by atoms with Gasteiger partial charge in [0.25, 0.3) is 15.9 Å². The van der Waals surface area contributed by atoms with Gasteiger partial charge in [-0.25, -0.2) is 13.4 Å². The molecule has 2 aliphatic heterocycles. The van der Waals surface area contributed by atoms with E-state index in [1.54, 1.807) is 10.4 Å². The van der Waals surface area contributed by atoms with Crippen LogP contribution >= 0.6 is 11.3 Å². The topological polar surface area (TPSA) is 75.5 Å². The second-order valence-corrected chi connectivity index (χ2v) is 12.1. The fourth-order valence-corrected chi connectivity index (χ4v) is 8.15. The lowest BCUT2D eigenvalue weighted by Crippen LogP contribution is -2.35. The van der Waals surface area contributed by atoms with E-state index in [1.165, 1.54) is 11.3 Å². The number of rotatable bonds is 4. The predicted octanol–water partition coefficient (Wildman–Crippen LogP) is 4.53. The van der Waals surface area contributed by atoms with E-state index in [2.05, 4.69) is 4.98 Å². The molecule has 4 heterocycles. The Morgan fingerprint density at radius 1 is 1.12 bits per heavy atom. The highest BCUT2D eigenvalue weighted by atomic mass is 32.2. The number of carbonyl (C=O) groups excluding carboxylic acids is 1. The minimum atomic E-state index is -3.76. The number of benzene rings is 1. The van der Waals surface area contributed by atoms with Crippen molar-refractivity contribution in [2.24, 2.45) is 7.05 Å². The van der Waals surface area contributed by atoms with Crippen LogP contribution in [0.5, 0.6) is 0 Å². The number of carbonyl (C=O) groups is 1. The maximum absolute atomic E-state index is 13.8. The van der Waals surface area contributed by atoms with Crippen molar-refractivity contribution < 1.29 is 13.2 Å². The molecule has 34 heavy (non-hydrogen) atoms. The molecule has 7 nitrogen and oxygen atoms in total. The molecule has 1 saturated heterocycles. The molecule has 0 spiro atoms. The molecule has 1 atom stereocenters. The molecule has 9 heteroatoms. The molecular weight excluding hydrogens is 468 g/mol. The van der Waals surface area contributed by atoms with Gasteiger partial charge >= 0.3 is 0 Å². The van der Waals surface area contributed by atoms with Gasteiger partial charge in [0.15, 0.2) is 0 Å². The van der Waals surface area contributed by atoms with Gasteiger partial charge in [-0.2, -0.15) is 0 Å². The maximum atomic E-state index is 13.8. The average Bonchev–Trinajstić information content (AvgIpc) is 3.47. The number of aromatic nitrogens is 2. The summed E-state index contributed by atoms with van der Waals surface area (Å²) in [5, 5.41) is 0.666. The molecular formula is C25H30N4O3S2. The fraction of sp³-hybridized carbons (Fsp3) is 0.440. The summed E-state index contributed by atoms with van der Waals surface area (Å²) in [4.78, 5) is 20.6. The van der Waals surface area contributed by atoms with Crippen LogP contribution in [0.25, 0.3) is 10.7 Å². The van der Waals surface area contributed by atoms with Gasteiger partial charge in [-0.1, -0.05) is 18.2 Å². The molecule has 2 aromatic heterocycles. The van der Waals surface area contributed by atoms with E-state index in [4.69, 9.17) is 0 Å². The van der Waals surface area contributed by atoms with Crippen LogP contribution in [0.1, 0.15) is 52.8 Å². The quantitative estimate of drug-likeness (QED) is 0.530. The third-order valence-electron chi connectivity index (χ3n) is 7.02. The number of nitrogens with zero attached hydrogens (tertiary/aromatic N) is 4. The molecule has 0 unspecified atom stereocenters. The number of anilines is 1. The first-order valence-electron chi connectivity index (χ1n) is 11.8. The number of sulfonamides is 1. The van der Waals surface area contributed by atoms with E-state index in [-0.39, 0.29) is 16.8 Å². The Hall–Kier alpha value is -2.65. The zero-order valence-electron chi connectivity index (χ0n) is 20.0. The van der Waals surface area contributed by atoms with Gasteiger partial charge in [-0.05, 0) is 64.2 Å². The Bertz CT molecular complexity index is 1370. The number of likely N-dealkylation sites (tertiary alicyclic amines) is 1. The van der Waals surface area contributed by atoms with Crippen LogP contribution < -0.4 is 4.31 Å². The third-order valence-corrected chi connectivity index (χ3v) is 10.2. The Kier molecular flexibility index (Phi) is 5.80. The molecule has 0 saturated carbocycles. The van der Waals surface area contributed by atoms with Crippen LogP contribution in [0, 0.1) is 13.8 Å². The highest BCUT2D eigenvalue weighted by molar-refractivity contribution is 7.93. The smallest absolute Gasteiger partial charge is 0.266 e. The maximum Gasteiger partial charge on any atom is 0.266 e. The van der Waals surface area contributed by atoms with E-state index in [1.807, 2.05) is 61.6 Å². The monoisotopic (exact) mass is 498 g/mol. The Balaban J connectivity index is 1.52. The number of amides is 1. The molecule has 0 N–H and O–H groups in total. The number of piperidine rings is 1. The molecule has 1 amide bonds. The lowest BCUT2D eigenvalue weighted by atomic mass is 10.1. The molecule has 0 aliphatic carbocycles. The number of aryl methyl sites for hydroxylation is 1. The number of hydrogen-bond acceptors (Lipinski definition) is 5. The van der Waals surface area contributed by atoms with Crippen molar-refractivity contribution in [3.8, 4) is 10.7 Å². The van der Waals surface area contributed by atoms with Crippen LogP contribution in [0.15, 0.2) is 35.2 Å². The molecule has 1 aromatic carbocycles. The fourth-order valence-electron chi connectivity index (χ4n) is 5.09. The summed E-state index contributed by atoms with van der Waals surface area (Å²) in [6, 6.07) is 9.25. The molecule has 5 rings (SSSR count). The van der Waals surface area contributed by atoms with Crippen molar-refractivity contribution in [1.82, 2.24) is 14.5 Å². The van der Waals surface area contributed by atoms with Crippen LogP contribution in [0.4, 0.5) is 5.69 Å². The van der Waals surface area contributed by atoms with E-state index >= 15 is 0 Å². The number of thiazole rings is 1. The van der Waals surface area contributed by atoms with Crippen molar-refractivity contribution in [1.29, 1.82) is 0 Å². The van der Waals surface area contributed by atoms with Crippen molar-refractivity contribution in [2.45, 2.75) is 57.4 Å². The lowest BCUT2D eigenvalue weighted by molar-refractivity contribution is 0.0728. The van der Waals surface area contributed by atoms with Crippen molar-refractivity contribution in [3.63, 3.8) is 0 Å². The highest BCUT2D eigenvalue weighted by Gasteiger charge is 2.38. The van der Waals surface area contributed by atoms with E-state index in [0.717, 1.165) is 43.6 Å². The van der Waals surface area contributed by atoms with Gasteiger partial charge in [0.1, 0.15) is 14.8 Å². The second kappa shape index (κ2) is 8.53. The number of fused-ring (bicyclic) bond motifs is 1. The average molecular weight is 499 g/mol. The minimum absolute atomic E-state index is 0.0298. The van der Waals surface area contributed by atoms with Gasteiger partial charge in [0.05, 0.1) is 17.1 Å². The predicted molar refractivity (Wildman–Crippen MR) is 135 cm³/mol. The third kappa shape index (κ3) is 3.65. The molecule has 180 valence electrons. The summed E-state index contributed by atoms with van der Waals surface area (Å²) in [5.41, 5.74) is 3.86. The van der Waals surface area contributed by atoms with E-state index in [9.17, 15) is 13.2 Å². The van der Waals surface area contributed by atoms with Crippen molar-refractivity contribution in [3.05, 3.63) is 52.2 Å². The first-order valence-corrected chi connectivity index (χ1v) is 14.0. The van der Waals surface area contributed by atoms with Crippen molar-refractivity contribution >= 4 is 33.0 Å². The Morgan fingerprint density at radius 2 is 1.82 bits per heavy atom. The zero-order valence-corrected chi connectivity index (χ0v) is 21.7. The molecule has 2 aliphatic rings. The van der Waals surface area contributed by atoms with Gasteiger partial charge in [-0.3, -0.25) is 9.10 Å². The normalized spacial score (nSPS) is 18.4. The largest absolute Gasteiger partial charge is 0.345 e. The number of para-hydroxylation sites is 1. The first kappa shape index (κ1) is 23.1. The van der Waals surface area contributed by atoms with E-state index in [0.29, 0.717) is 33.4 Å². The zero-order chi connectivity index (χ0) is 24.2. The van der Waals surface area contributed by atoms with Gasteiger partial charge in [0, 0.05) is 31.9 Å². The van der Waals surface area contributed by atoms with E-state index < -0.39 is 10.0 Å². The summed E-state index contributed by atoms with van der Waals surface area (Å²) >= 11 is 1.35. The highest BCUT2D eigenvalue weighted by Crippen LogP contribution is 2.39. The second-order valence-electron chi connectivity index (χ2n) is 9.31. The van der Waals surface area contributed by atoms with Gasteiger partial charge in [0.2, 0.25) is 0 Å². The summed E-state index contributed by atoms with van der Waals surface area (Å²) in [6.07, 6.45) is 3.93. The minimum Gasteiger partial charge on any atom is -0.345 e. The first-order chi connectivity index (χ1) is 16.2. The van der Waals surface area contributed by atoms with Gasteiger partial charge in [-0.15, -0.1) is 11.3 Å². The lowest BCUT2D eigenvalue weighted by Gasteiger charge is -2.26. The molecule has 0 bridgehead atoms. The van der Waals surface area contributed by atoms with Crippen LogP contribution in [0.2, 0.25) is 0 Å². The van der Waals surface area contributed by atoms with Crippen LogP contribution in [-0.2, 0) is 23.5 Å². The van der Waals surface area contributed by atoms with Crippen molar-refractivity contribution in [2.75, 3.05) is 17.4 Å². The Morgan fingerprint density at radius 3 is 2.56 bits per heavy atom. The Labute approximate surface area is 205 Å². The van der Waals surface area contributed by atoms with Crippen LogP contribution in [0.3, 0.4) is 0 Å². The standard InChI is InChI=1S/C25H30N4O3S2/c1-16-14-19-10-6-7-11-20(19)29(16)34(31,32)22-15-21(27(4)18(22)3)24-26-17(2)23(33-24)25(30)28-12-8-5-9-13-28/h6-7,10-11,15-16H,5,8-9,12-14H2,1-4H3/t16-/m1/s1. The summed E-state index contributed by atoms with van der Waals surface area (Å²) in [5.74, 6) is 0.0298. The molecule has 3 aromatic rings. The SMILES string of the molecule is Cc1nc(-c2cc(S(=O)(=O)N3c4ccccc4C[C@H]3C)c(C)n2C)sc1C(=O)N1CCCCC1. The van der Waals surface area contributed by atoms with Gasteiger partial charge < -0.3 is 9.47 Å². The van der Waals surface area contributed by atoms with Crippen LogP contribution in [-0.4, -0.2) is 47.9 Å². The molecule has 1 fully saturated rings. The number of hydrogen-bond donors (Lipinski definition) is 0. The molecule has 0 radical (unpaired) electrons. The summed E-state index contributed by atoms with van der Waals surface area (Å²) < 4.78 is 31.1.